The minimum absolute atomic E-state index is 0.423. The molecule has 28 heavy (non-hydrogen) atoms. The van der Waals surface area contributed by atoms with Crippen LogP contribution in [0.25, 0.3) is 28.0 Å². The summed E-state index contributed by atoms with van der Waals surface area (Å²) in [6, 6.07) is 22.4. The highest BCUT2D eigenvalue weighted by Gasteiger charge is 2.11. The third-order valence-corrected chi connectivity index (χ3v) is 4.62. The van der Waals surface area contributed by atoms with E-state index in [-0.39, 0.29) is 0 Å². The quantitative estimate of drug-likeness (QED) is 0.507. The maximum absolute atomic E-state index is 5.89. The molecule has 136 valence electrons. The van der Waals surface area contributed by atoms with Gasteiger partial charge in [-0.2, -0.15) is 15.4 Å². The monoisotopic (exact) mass is 367 g/mol. The molecule has 3 N–H and O–H groups in total. The number of benzene rings is 2. The van der Waals surface area contributed by atoms with Crippen LogP contribution < -0.4 is 5.73 Å². The van der Waals surface area contributed by atoms with Gasteiger partial charge in [-0.15, -0.1) is 5.10 Å². The molecule has 0 atom stereocenters. The largest absolute Gasteiger partial charge is 0.384 e. The van der Waals surface area contributed by atoms with Gasteiger partial charge in [0, 0.05) is 12.6 Å². The number of aromatic amines is 1. The van der Waals surface area contributed by atoms with Gasteiger partial charge in [-0.25, -0.2) is 9.67 Å². The second-order valence-electron chi connectivity index (χ2n) is 6.55. The second-order valence-corrected chi connectivity index (χ2v) is 6.55. The van der Waals surface area contributed by atoms with E-state index in [0.717, 1.165) is 28.0 Å². The fourth-order valence-electron chi connectivity index (χ4n) is 3.31. The van der Waals surface area contributed by atoms with Crippen molar-refractivity contribution in [1.29, 1.82) is 0 Å². The van der Waals surface area contributed by atoms with Crippen molar-refractivity contribution in [3.05, 3.63) is 84.2 Å². The van der Waals surface area contributed by atoms with Gasteiger partial charge in [0.2, 0.25) is 5.65 Å². The molecule has 0 aliphatic heterocycles. The van der Waals surface area contributed by atoms with Crippen molar-refractivity contribution < 1.29 is 0 Å². The predicted octanol–water partition coefficient (Wildman–Crippen LogP) is 3.38. The van der Waals surface area contributed by atoms with Gasteiger partial charge in [0.25, 0.3) is 0 Å². The number of hydrogen-bond acceptors (Lipinski definition) is 5. The molecule has 0 unspecified atom stereocenters. The molecular formula is C21H17N7. The zero-order valence-electron chi connectivity index (χ0n) is 14.9. The van der Waals surface area contributed by atoms with Crippen LogP contribution >= 0.6 is 0 Å². The van der Waals surface area contributed by atoms with Gasteiger partial charge in [-0.1, -0.05) is 42.5 Å². The number of fused-ring (bicyclic) bond motifs is 1. The number of rotatable bonds is 4. The lowest BCUT2D eigenvalue weighted by Gasteiger charge is -2.06. The van der Waals surface area contributed by atoms with Gasteiger partial charge in [0.1, 0.15) is 11.3 Å². The molecule has 0 aliphatic rings. The number of pyridine rings is 1. The van der Waals surface area contributed by atoms with Crippen LogP contribution in [-0.4, -0.2) is 30.2 Å². The Bertz CT molecular complexity index is 1250. The number of nitrogens with zero attached hydrogens (tertiary/aromatic N) is 5. The summed E-state index contributed by atoms with van der Waals surface area (Å²) in [6.45, 7) is 0. The normalized spacial score (nSPS) is 11.1. The van der Waals surface area contributed by atoms with Crippen molar-refractivity contribution in [3.63, 3.8) is 0 Å². The van der Waals surface area contributed by atoms with Gasteiger partial charge in [0.15, 0.2) is 0 Å². The zero-order chi connectivity index (χ0) is 18.9. The molecular weight excluding hydrogens is 350 g/mol. The Morgan fingerprint density at radius 1 is 0.893 bits per heavy atom. The molecule has 5 aromatic rings. The molecule has 0 saturated heterocycles. The van der Waals surface area contributed by atoms with Crippen LogP contribution in [0, 0.1) is 0 Å². The molecule has 0 spiro atoms. The Hall–Kier alpha value is -4.00. The summed E-state index contributed by atoms with van der Waals surface area (Å²) in [4.78, 5) is 4.18. The fraction of sp³-hybridized carbons (Fsp3) is 0.0476. The molecule has 5 rings (SSSR count). The first-order valence-electron chi connectivity index (χ1n) is 8.92. The number of nitrogens with one attached hydrogen (secondary N) is 1. The molecule has 0 aliphatic carbocycles. The number of anilines is 1. The number of H-pyrrole nitrogens is 1. The molecule has 7 heteroatoms. The number of nitrogens with two attached hydrogens (primary N) is 1. The summed E-state index contributed by atoms with van der Waals surface area (Å²) in [5.74, 6) is 0.423. The molecule has 0 radical (unpaired) electrons. The summed E-state index contributed by atoms with van der Waals surface area (Å²) < 4.78 is 1.88. The van der Waals surface area contributed by atoms with E-state index >= 15 is 0 Å². The van der Waals surface area contributed by atoms with Crippen LogP contribution in [-0.2, 0) is 6.42 Å². The van der Waals surface area contributed by atoms with E-state index in [1.807, 2.05) is 53.3 Å². The maximum atomic E-state index is 5.89. The first-order chi connectivity index (χ1) is 13.8. The van der Waals surface area contributed by atoms with E-state index in [0.29, 0.717) is 17.9 Å². The van der Waals surface area contributed by atoms with E-state index < -0.39 is 0 Å². The molecule has 0 amide bonds. The fourth-order valence-corrected chi connectivity index (χ4v) is 3.31. The highest BCUT2D eigenvalue weighted by atomic mass is 15.3. The van der Waals surface area contributed by atoms with E-state index in [4.69, 9.17) is 10.8 Å². The Balaban J connectivity index is 1.46. The molecule has 3 aromatic heterocycles. The Labute approximate surface area is 160 Å². The first-order valence-corrected chi connectivity index (χ1v) is 8.92. The average Bonchev–Trinajstić information content (AvgIpc) is 3.38. The van der Waals surface area contributed by atoms with Crippen molar-refractivity contribution >= 4 is 17.0 Å². The van der Waals surface area contributed by atoms with Crippen molar-refractivity contribution in [1.82, 2.24) is 30.2 Å². The molecule has 7 nitrogen and oxygen atoms in total. The topological polar surface area (TPSA) is 98.3 Å². The lowest BCUT2D eigenvalue weighted by Crippen LogP contribution is -1.99. The zero-order valence-corrected chi connectivity index (χ0v) is 14.9. The highest BCUT2D eigenvalue weighted by Crippen LogP contribution is 2.22. The lowest BCUT2D eigenvalue weighted by molar-refractivity contribution is 0.848. The summed E-state index contributed by atoms with van der Waals surface area (Å²) in [5.41, 5.74) is 12.3. The number of aromatic nitrogens is 6. The van der Waals surface area contributed by atoms with Gasteiger partial charge in [-0.05, 0) is 41.0 Å². The molecule has 0 bridgehead atoms. The van der Waals surface area contributed by atoms with Gasteiger partial charge in [-0.3, -0.25) is 0 Å². The van der Waals surface area contributed by atoms with Crippen LogP contribution in [0.5, 0.6) is 0 Å². The van der Waals surface area contributed by atoms with E-state index in [1.165, 1.54) is 5.56 Å². The smallest absolute Gasteiger partial charge is 0.203 e. The van der Waals surface area contributed by atoms with Crippen molar-refractivity contribution in [3.8, 4) is 16.8 Å². The first kappa shape index (κ1) is 16.2. The second kappa shape index (κ2) is 6.62. The predicted molar refractivity (Wildman–Crippen MR) is 108 cm³/mol. The van der Waals surface area contributed by atoms with Crippen molar-refractivity contribution in [2.24, 2.45) is 0 Å². The van der Waals surface area contributed by atoms with Crippen LogP contribution in [0.2, 0.25) is 0 Å². The van der Waals surface area contributed by atoms with E-state index in [2.05, 4.69) is 44.7 Å². The minimum Gasteiger partial charge on any atom is -0.384 e. The maximum Gasteiger partial charge on any atom is 0.203 e. The van der Waals surface area contributed by atoms with Crippen LogP contribution in [0.3, 0.4) is 0 Å². The number of nitrogen functional groups attached to an aromatic ring is 1. The third kappa shape index (κ3) is 2.99. The summed E-state index contributed by atoms with van der Waals surface area (Å²) in [5, 5.41) is 15.5. The third-order valence-electron chi connectivity index (χ3n) is 4.62. The summed E-state index contributed by atoms with van der Waals surface area (Å²) in [7, 11) is 0. The Morgan fingerprint density at radius 2 is 1.75 bits per heavy atom. The number of hydrogen-bond donors (Lipinski definition) is 2. The molecule has 0 saturated carbocycles. The lowest BCUT2D eigenvalue weighted by atomic mass is 10.1. The van der Waals surface area contributed by atoms with E-state index in [9.17, 15) is 0 Å². The average molecular weight is 367 g/mol. The summed E-state index contributed by atoms with van der Waals surface area (Å²) >= 11 is 0. The molecule has 2 aromatic carbocycles. The summed E-state index contributed by atoms with van der Waals surface area (Å²) in [6.07, 6.45) is 2.56. The van der Waals surface area contributed by atoms with Crippen molar-refractivity contribution in [2.45, 2.75) is 6.42 Å². The van der Waals surface area contributed by atoms with Crippen LogP contribution in [0.15, 0.2) is 72.9 Å². The standard InChI is InChI=1S/C21H17N7/c22-19-13-16(20-21(23-19)25-27-24-20)11-17-9-10-28(26-17)18-8-4-7-15(12-18)14-5-2-1-3-6-14/h1-10,12-13H,11H2,(H3,22,23,24,25,27). The highest BCUT2D eigenvalue weighted by molar-refractivity contribution is 5.76. The van der Waals surface area contributed by atoms with Gasteiger partial charge in [0.05, 0.1) is 11.4 Å². The molecule has 0 fully saturated rings. The van der Waals surface area contributed by atoms with E-state index in [1.54, 1.807) is 0 Å². The molecule has 3 heterocycles. The Kier molecular flexibility index (Phi) is 3.83. The van der Waals surface area contributed by atoms with Crippen molar-refractivity contribution in [2.75, 3.05) is 5.73 Å². The minimum atomic E-state index is 0.423. The SMILES string of the molecule is Nc1cc(Cc2ccn(-c3cccc(-c4ccccc4)c3)n2)c2n[nH]nc2n1. The van der Waals surface area contributed by atoms with Crippen LogP contribution in [0.4, 0.5) is 5.82 Å². The Morgan fingerprint density at radius 3 is 2.64 bits per heavy atom. The van der Waals surface area contributed by atoms with Crippen LogP contribution in [0.1, 0.15) is 11.3 Å². The van der Waals surface area contributed by atoms with Gasteiger partial charge < -0.3 is 5.73 Å². The van der Waals surface area contributed by atoms with Gasteiger partial charge >= 0.3 is 0 Å².